The molecular formula is C15H23F3N2O3. The van der Waals surface area contributed by atoms with Crippen LogP contribution in [0.5, 0.6) is 0 Å². The zero-order valence-electron chi connectivity index (χ0n) is 13.1. The molecule has 1 saturated carbocycles. The molecule has 2 atom stereocenters. The number of carbonyl (C=O) groups is 2. The number of carbonyl (C=O) groups excluding carboxylic acids is 1. The zero-order valence-corrected chi connectivity index (χ0v) is 13.1. The van der Waals surface area contributed by atoms with Crippen molar-refractivity contribution in [1.82, 2.24) is 10.2 Å². The second-order valence-corrected chi connectivity index (χ2v) is 6.57. The van der Waals surface area contributed by atoms with Crippen molar-refractivity contribution in [3.63, 3.8) is 0 Å². The summed E-state index contributed by atoms with van der Waals surface area (Å²) in [7, 11) is 0. The Labute approximate surface area is 133 Å². The smallest absolute Gasteiger partial charge is 0.394 e. The fourth-order valence-corrected chi connectivity index (χ4v) is 3.53. The fourth-order valence-electron chi connectivity index (χ4n) is 3.53. The molecule has 23 heavy (non-hydrogen) atoms. The number of hydrogen-bond donors (Lipinski definition) is 2. The number of rotatable bonds is 3. The van der Waals surface area contributed by atoms with E-state index >= 15 is 0 Å². The highest BCUT2D eigenvalue weighted by molar-refractivity contribution is 5.78. The average Bonchev–Trinajstić information content (AvgIpc) is 2.93. The van der Waals surface area contributed by atoms with Crippen molar-refractivity contribution in [2.75, 3.05) is 13.1 Å². The first kappa shape index (κ1) is 17.9. The number of likely N-dealkylation sites (tertiary alicyclic amines) is 1. The molecular weight excluding hydrogens is 313 g/mol. The first-order valence-corrected chi connectivity index (χ1v) is 8.07. The minimum atomic E-state index is -4.61. The molecule has 0 spiro atoms. The predicted molar refractivity (Wildman–Crippen MR) is 76.8 cm³/mol. The molecule has 0 aromatic rings. The summed E-state index contributed by atoms with van der Waals surface area (Å²) >= 11 is 0. The van der Waals surface area contributed by atoms with Gasteiger partial charge in [0.25, 0.3) is 0 Å². The Morgan fingerprint density at radius 1 is 1.17 bits per heavy atom. The van der Waals surface area contributed by atoms with Crippen molar-refractivity contribution in [3.05, 3.63) is 0 Å². The van der Waals surface area contributed by atoms with Gasteiger partial charge in [0.15, 0.2) is 0 Å². The summed E-state index contributed by atoms with van der Waals surface area (Å²) in [5, 5.41) is 11.7. The lowest BCUT2D eigenvalue weighted by molar-refractivity contribution is -0.187. The van der Waals surface area contributed by atoms with Gasteiger partial charge >= 0.3 is 18.2 Å². The van der Waals surface area contributed by atoms with E-state index in [1.54, 1.807) is 0 Å². The van der Waals surface area contributed by atoms with Crippen molar-refractivity contribution in [3.8, 4) is 0 Å². The van der Waals surface area contributed by atoms with E-state index in [1.807, 2.05) is 0 Å². The number of nitrogens with one attached hydrogen (secondary N) is 1. The van der Waals surface area contributed by atoms with Crippen molar-refractivity contribution in [1.29, 1.82) is 0 Å². The first-order chi connectivity index (χ1) is 10.7. The van der Waals surface area contributed by atoms with E-state index in [0.29, 0.717) is 5.92 Å². The van der Waals surface area contributed by atoms with Crippen molar-refractivity contribution >= 4 is 12.0 Å². The Morgan fingerprint density at radius 3 is 2.22 bits per heavy atom. The lowest BCUT2D eigenvalue weighted by atomic mass is 9.84. The second kappa shape index (κ2) is 6.97. The van der Waals surface area contributed by atoms with Gasteiger partial charge in [0.2, 0.25) is 0 Å². The number of carboxylic acid groups (broad SMARTS) is 1. The number of nitrogens with zero attached hydrogens (tertiary/aromatic N) is 1. The van der Waals surface area contributed by atoms with Crippen LogP contribution >= 0.6 is 0 Å². The van der Waals surface area contributed by atoms with Gasteiger partial charge in [0.05, 0.1) is 11.8 Å². The summed E-state index contributed by atoms with van der Waals surface area (Å²) in [4.78, 5) is 24.2. The topological polar surface area (TPSA) is 69.6 Å². The average molecular weight is 336 g/mol. The van der Waals surface area contributed by atoms with Gasteiger partial charge in [-0.05, 0) is 31.6 Å². The van der Waals surface area contributed by atoms with E-state index in [2.05, 4.69) is 12.2 Å². The lowest BCUT2D eigenvalue weighted by Gasteiger charge is -2.30. The van der Waals surface area contributed by atoms with Gasteiger partial charge in [-0.2, -0.15) is 13.2 Å². The first-order valence-electron chi connectivity index (χ1n) is 8.07. The molecule has 0 unspecified atom stereocenters. The Hall–Kier alpha value is -1.47. The summed E-state index contributed by atoms with van der Waals surface area (Å²) in [5.74, 6) is -4.44. The summed E-state index contributed by atoms with van der Waals surface area (Å²) in [5.41, 5.74) is 0. The number of carboxylic acids is 1. The normalized spacial score (nSPS) is 31.9. The zero-order chi connectivity index (χ0) is 17.2. The van der Waals surface area contributed by atoms with E-state index in [1.165, 1.54) is 0 Å². The molecule has 2 fully saturated rings. The van der Waals surface area contributed by atoms with Gasteiger partial charge in [-0.15, -0.1) is 0 Å². The third kappa shape index (κ3) is 4.29. The summed E-state index contributed by atoms with van der Waals surface area (Å²) in [6, 6.07) is -0.610. The van der Waals surface area contributed by atoms with E-state index < -0.39 is 43.1 Å². The van der Waals surface area contributed by atoms with Crippen LogP contribution in [-0.4, -0.2) is 47.3 Å². The molecule has 1 saturated heterocycles. The van der Waals surface area contributed by atoms with Crippen LogP contribution in [0, 0.1) is 17.8 Å². The van der Waals surface area contributed by atoms with E-state index in [-0.39, 0.29) is 6.04 Å². The molecule has 2 amide bonds. The largest absolute Gasteiger partial charge is 0.481 e. The van der Waals surface area contributed by atoms with Crippen molar-refractivity contribution in [2.45, 2.75) is 51.2 Å². The molecule has 0 bridgehead atoms. The highest BCUT2D eigenvalue weighted by Gasteiger charge is 2.53. The van der Waals surface area contributed by atoms with Crippen LogP contribution < -0.4 is 5.32 Å². The second-order valence-electron chi connectivity index (χ2n) is 6.57. The molecule has 1 aliphatic heterocycles. The minimum Gasteiger partial charge on any atom is -0.481 e. The maximum atomic E-state index is 12.9. The highest BCUT2D eigenvalue weighted by Crippen LogP contribution is 2.37. The molecule has 2 N–H and O–H groups in total. The van der Waals surface area contributed by atoms with Gasteiger partial charge in [-0.25, -0.2) is 4.79 Å². The number of urea groups is 1. The Morgan fingerprint density at radius 2 is 1.78 bits per heavy atom. The van der Waals surface area contributed by atoms with Crippen molar-refractivity contribution < 1.29 is 27.9 Å². The van der Waals surface area contributed by atoms with Gasteiger partial charge in [-0.1, -0.05) is 13.3 Å². The van der Waals surface area contributed by atoms with Crippen LogP contribution in [0.4, 0.5) is 18.0 Å². The van der Waals surface area contributed by atoms with Crippen molar-refractivity contribution in [2.24, 2.45) is 17.8 Å². The fraction of sp³-hybridized carbons (Fsp3) is 0.867. The molecule has 0 radical (unpaired) electrons. The quantitative estimate of drug-likeness (QED) is 0.833. The third-order valence-corrected chi connectivity index (χ3v) is 5.10. The monoisotopic (exact) mass is 336 g/mol. The molecule has 2 rings (SSSR count). The number of alkyl halides is 3. The molecule has 132 valence electrons. The number of aliphatic carboxylic acids is 1. The third-order valence-electron chi connectivity index (χ3n) is 5.10. The van der Waals surface area contributed by atoms with Gasteiger partial charge in [0.1, 0.15) is 0 Å². The molecule has 0 aromatic heterocycles. The molecule has 1 aliphatic carbocycles. The molecule has 8 heteroatoms. The number of halogens is 3. The lowest BCUT2D eigenvalue weighted by Crippen LogP contribution is -2.45. The molecule has 1 heterocycles. The highest BCUT2D eigenvalue weighted by atomic mass is 19.4. The van der Waals surface area contributed by atoms with E-state index in [9.17, 15) is 22.8 Å². The van der Waals surface area contributed by atoms with E-state index in [0.717, 1.165) is 37.0 Å². The Kier molecular flexibility index (Phi) is 5.41. The van der Waals surface area contributed by atoms with Crippen LogP contribution in [-0.2, 0) is 4.79 Å². The van der Waals surface area contributed by atoms with E-state index in [4.69, 9.17) is 5.11 Å². The predicted octanol–water partition coefficient (Wildman–Crippen LogP) is 2.86. The number of amides is 2. The maximum absolute atomic E-state index is 12.9. The number of hydrogen-bond acceptors (Lipinski definition) is 2. The van der Waals surface area contributed by atoms with Gasteiger partial charge in [-0.3, -0.25) is 4.79 Å². The van der Waals surface area contributed by atoms with Gasteiger partial charge < -0.3 is 15.3 Å². The van der Waals surface area contributed by atoms with Crippen LogP contribution in [0.2, 0.25) is 0 Å². The minimum absolute atomic E-state index is 0.0292. The molecule has 0 aromatic carbocycles. The van der Waals surface area contributed by atoms with Crippen LogP contribution in [0.15, 0.2) is 0 Å². The SMILES string of the molecule is CCC1CCC(NC(=O)N2C[C@@H](C(F)(F)F)[C@H](C(=O)O)C2)CC1. The summed E-state index contributed by atoms with van der Waals surface area (Å²) < 4.78 is 38.8. The van der Waals surface area contributed by atoms with Gasteiger partial charge in [0, 0.05) is 19.1 Å². The maximum Gasteiger partial charge on any atom is 0.394 e. The van der Waals surface area contributed by atoms with Crippen LogP contribution in [0.1, 0.15) is 39.0 Å². The summed E-state index contributed by atoms with van der Waals surface area (Å²) in [6.45, 7) is 1.14. The summed E-state index contributed by atoms with van der Waals surface area (Å²) in [6.07, 6.45) is 0.138. The van der Waals surface area contributed by atoms with Crippen LogP contribution in [0.3, 0.4) is 0 Å². The Bertz CT molecular complexity index is 448. The van der Waals surface area contributed by atoms with Crippen LogP contribution in [0.25, 0.3) is 0 Å². The Balaban J connectivity index is 1.92. The molecule has 5 nitrogen and oxygen atoms in total. The molecule has 2 aliphatic rings. The standard InChI is InChI=1S/C15H23F3N2O3/c1-2-9-3-5-10(6-4-9)19-14(23)20-7-11(13(21)22)12(8-20)15(16,17)18/h9-12H,2-8H2,1H3,(H,19,23)(H,21,22)/t9?,10?,11-,12-/m1/s1.